The summed E-state index contributed by atoms with van der Waals surface area (Å²) in [5.41, 5.74) is 0.448. The van der Waals surface area contributed by atoms with E-state index >= 15 is 0 Å². The second-order valence-corrected chi connectivity index (χ2v) is 11.2. The Morgan fingerprint density at radius 3 is 2.55 bits per heavy atom. The summed E-state index contributed by atoms with van der Waals surface area (Å²) >= 11 is 1.72. The van der Waals surface area contributed by atoms with Gasteiger partial charge < -0.3 is 26.6 Å². The smallest absolute Gasteiger partial charge is 0.382 e. The maximum atomic E-state index is 13.2. The highest BCUT2D eigenvalue weighted by atomic mass is 32.2. The van der Waals surface area contributed by atoms with Crippen LogP contribution in [0.3, 0.4) is 0 Å². The standard InChI is InChI=1S/C29H40F3N5O2S/c1-19(2)36-25-11-8-22(29(30,31)32)15-24(25)28(39)35-18-27(38)37-26-17-34-14-12-21(26)5-4-13-33-16-20-6-9-23(40-3)10-7-20/h6-11,15,19,21,26,33-34,36H,4-5,12-14,16-18H2,1-3H3,(H,35,39)(H,37,38)/t21-,26+/m1/s1. The number of nitrogens with one attached hydrogen (secondary N) is 5. The highest BCUT2D eigenvalue weighted by molar-refractivity contribution is 7.98. The second kappa shape index (κ2) is 15.3. The predicted molar refractivity (Wildman–Crippen MR) is 155 cm³/mol. The van der Waals surface area contributed by atoms with Crippen molar-refractivity contribution in [1.82, 2.24) is 21.3 Å². The lowest BCUT2D eigenvalue weighted by atomic mass is 9.88. The first-order valence-electron chi connectivity index (χ1n) is 13.7. The van der Waals surface area contributed by atoms with E-state index in [1.54, 1.807) is 11.8 Å². The van der Waals surface area contributed by atoms with Crippen LogP contribution < -0.4 is 26.6 Å². The van der Waals surface area contributed by atoms with Gasteiger partial charge in [0.1, 0.15) is 0 Å². The van der Waals surface area contributed by atoms with Gasteiger partial charge in [-0.1, -0.05) is 12.1 Å². The van der Waals surface area contributed by atoms with Crippen LogP contribution in [0, 0.1) is 5.92 Å². The second-order valence-electron chi connectivity index (χ2n) is 10.3. The number of carbonyl (C=O) groups excluding carboxylic acids is 2. The molecular weight excluding hydrogens is 539 g/mol. The summed E-state index contributed by atoms with van der Waals surface area (Å²) in [5, 5.41) is 15.3. The number of carbonyl (C=O) groups is 2. The number of piperidine rings is 1. The zero-order valence-electron chi connectivity index (χ0n) is 23.3. The van der Waals surface area contributed by atoms with E-state index in [-0.39, 0.29) is 35.8 Å². The molecule has 5 N–H and O–H groups in total. The van der Waals surface area contributed by atoms with Crippen molar-refractivity contribution in [3.63, 3.8) is 0 Å². The van der Waals surface area contributed by atoms with Gasteiger partial charge in [-0.15, -0.1) is 11.8 Å². The van der Waals surface area contributed by atoms with Gasteiger partial charge in [0.25, 0.3) is 5.91 Å². The molecular formula is C29H40F3N5O2S. The lowest BCUT2D eigenvalue weighted by Crippen LogP contribution is -2.53. The molecule has 3 rings (SSSR count). The van der Waals surface area contributed by atoms with Crippen LogP contribution in [0.2, 0.25) is 0 Å². The minimum absolute atomic E-state index is 0.0797. The molecule has 1 aliphatic rings. The van der Waals surface area contributed by atoms with Gasteiger partial charge in [0, 0.05) is 35.8 Å². The molecule has 2 amide bonds. The average molecular weight is 580 g/mol. The number of amides is 2. The first-order valence-corrected chi connectivity index (χ1v) is 14.9. The summed E-state index contributed by atoms with van der Waals surface area (Å²) < 4.78 is 39.7. The van der Waals surface area contributed by atoms with Crippen LogP contribution in [0.5, 0.6) is 0 Å². The van der Waals surface area contributed by atoms with Crippen LogP contribution in [-0.2, 0) is 17.5 Å². The molecule has 7 nitrogen and oxygen atoms in total. The van der Waals surface area contributed by atoms with Crippen molar-refractivity contribution in [1.29, 1.82) is 0 Å². The fourth-order valence-electron chi connectivity index (χ4n) is 4.75. The summed E-state index contributed by atoms with van der Waals surface area (Å²) in [5.74, 6) is -0.810. The number of thioether (sulfide) groups is 1. The van der Waals surface area contributed by atoms with Gasteiger partial charge in [0.15, 0.2) is 0 Å². The van der Waals surface area contributed by atoms with E-state index in [0.29, 0.717) is 12.5 Å². The SMILES string of the molecule is CSc1ccc(CNCCC[C@@H]2CCNC[C@@H]2NC(=O)CNC(=O)c2cc(C(F)(F)F)ccc2NC(C)C)cc1. The molecule has 0 bridgehead atoms. The third-order valence-corrected chi connectivity index (χ3v) is 7.58. The zero-order chi connectivity index (χ0) is 29.1. The summed E-state index contributed by atoms with van der Waals surface area (Å²) in [7, 11) is 0. The quantitative estimate of drug-likeness (QED) is 0.175. The molecule has 0 spiro atoms. The van der Waals surface area contributed by atoms with Gasteiger partial charge in [-0.3, -0.25) is 9.59 Å². The number of halogens is 3. The lowest BCUT2D eigenvalue weighted by Gasteiger charge is -2.33. The van der Waals surface area contributed by atoms with Gasteiger partial charge >= 0.3 is 6.18 Å². The Hall–Kier alpha value is -2.76. The van der Waals surface area contributed by atoms with Crippen molar-refractivity contribution in [2.45, 2.75) is 62.8 Å². The molecule has 1 saturated heterocycles. The predicted octanol–water partition coefficient (Wildman–Crippen LogP) is 4.64. The number of hydrogen-bond donors (Lipinski definition) is 5. The monoisotopic (exact) mass is 579 g/mol. The minimum Gasteiger partial charge on any atom is -0.382 e. The van der Waals surface area contributed by atoms with Crippen molar-refractivity contribution in [3.05, 3.63) is 59.2 Å². The number of anilines is 1. The molecule has 11 heteroatoms. The zero-order valence-corrected chi connectivity index (χ0v) is 24.1. The van der Waals surface area contributed by atoms with Crippen molar-refractivity contribution in [3.8, 4) is 0 Å². The van der Waals surface area contributed by atoms with Crippen LogP contribution in [0.1, 0.15) is 54.6 Å². The van der Waals surface area contributed by atoms with Gasteiger partial charge in [0.2, 0.25) is 5.91 Å². The fraction of sp³-hybridized carbons (Fsp3) is 0.517. The van der Waals surface area contributed by atoms with E-state index in [1.807, 2.05) is 13.8 Å². The van der Waals surface area contributed by atoms with Crippen molar-refractivity contribution in [2.75, 3.05) is 37.8 Å². The van der Waals surface area contributed by atoms with Crippen LogP contribution >= 0.6 is 11.8 Å². The van der Waals surface area contributed by atoms with Crippen LogP contribution in [0.15, 0.2) is 47.4 Å². The Labute approximate surface area is 238 Å². The third kappa shape index (κ3) is 10.0. The maximum Gasteiger partial charge on any atom is 0.416 e. The lowest BCUT2D eigenvalue weighted by molar-refractivity contribution is -0.137. The summed E-state index contributed by atoms with van der Waals surface area (Å²) in [6.45, 7) is 6.51. The molecule has 0 aromatic heterocycles. The Morgan fingerprint density at radius 1 is 1.12 bits per heavy atom. The molecule has 220 valence electrons. The molecule has 2 aromatic rings. The third-order valence-electron chi connectivity index (χ3n) is 6.83. The Kier molecular flexibility index (Phi) is 12.1. The minimum atomic E-state index is -4.58. The molecule has 1 fully saturated rings. The van der Waals surface area contributed by atoms with Crippen LogP contribution in [0.25, 0.3) is 0 Å². The Bertz CT molecular complexity index is 1110. The molecule has 0 unspecified atom stereocenters. The summed E-state index contributed by atoms with van der Waals surface area (Å²) in [4.78, 5) is 26.7. The number of hydrogen-bond acceptors (Lipinski definition) is 6. The Balaban J connectivity index is 1.47. The normalized spacial score (nSPS) is 17.5. The Morgan fingerprint density at radius 2 is 1.88 bits per heavy atom. The van der Waals surface area contributed by atoms with Crippen molar-refractivity contribution in [2.24, 2.45) is 5.92 Å². The van der Waals surface area contributed by atoms with Gasteiger partial charge in [-0.05, 0) is 94.3 Å². The summed E-state index contributed by atoms with van der Waals surface area (Å²) in [6, 6.07) is 11.3. The molecule has 0 saturated carbocycles. The topological polar surface area (TPSA) is 94.3 Å². The molecule has 1 aliphatic heterocycles. The number of rotatable bonds is 13. The van der Waals surface area contributed by atoms with E-state index in [9.17, 15) is 22.8 Å². The van der Waals surface area contributed by atoms with Gasteiger partial charge in [-0.25, -0.2) is 0 Å². The van der Waals surface area contributed by atoms with Gasteiger partial charge in [0.05, 0.1) is 17.7 Å². The van der Waals surface area contributed by atoms with E-state index < -0.39 is 17.6 Å². The van der Waals surface area contributed by atoms with E-state index in [0.717, 1.165) is 51.0 Å². The van der Waals surface area contributed by atoms with Crippen LogP contribution in [0.4, 0.5) is 18.9 Å². The fourth-order valence-corrected chi connectivity index (χ4v) is 5.16. The first kappa shape index (κ1) is 31.8. The molecule has 0 radical (unpaired) electrons. The summed E-state index contributed by atoms with van der Waals surface area (Å²) in [6.07, 6.45) is 0.327. The highest BCUT2D eigenvalue weighted by Crippen LogP contribution is 2.32. The average Bonchev–Trinajstić information content (AvgIpc) is 2.92. The molecule has 0 aliphatic carbocycles. The van der Waals surface area contributed by atoms with Crippen LogP contribution in [-0.4, -0.2) is 56.3 Å². The molecule has 2 atom stereocenters. The molecule has 2 aromatic carbocycles. The highest BCUT2D eigenvalue weighted by Gasteiger charge is 2.32. The van der Waals surface area contributed by atoms with E-state index in [1.165, 1.54) is 16.5 Å². The number of alkyl halides is 3. The van der Waals surface area contributed by atoms with Crippen molar-refractivity contribution >= 4 is 29.3 Å². The largest absolute Gasteiger partial charge is 0.416 e. The van der Waals surface area contributed by atoms with Crippen molar-refractivity contribution < 1.29 is 22.8 Å². The molecule has 1 heterocycles. The molecule has 40 heavy (non-hydrogen) atoms. The van der Waals surface area contributed by atoms with E-state index in [2.05, 4.69) is 57.1 Å². The van der Waals surface area contributed by atoms with E-state index in [4.69, 9.17) is 0 Å². The van der Waals surface area contributed by atoms with Gasteiger partial charge in [-0.2, -0.15) is 13.2 Å². The maximum absolute atomic E-state index is 13.2. The number of benzene rings is 2. The first-order chi connectivity index (χ1) is 19.1.